The summed E-state index contributed by atoms with van der Waals surface area (Å²) in [7, 11) is 0. The SMILES string of the molecule is C=CC(C)(O)[C@@H]1CC2[C@H](C=C1C)C2(C)C. The molecule has 1 saturated carbocycles. The van der Waals surface area contributed by atoms with Gasteiger partial charge < -0.3 is 5.11 Å². The molecule has 0 radical (unpaired) electrons. The lowest BCUT2D eigenvalue weighted by Gasteiger charge is -2.33. The lowest BCUT2D eigenvalue weighted by atomic mass is 9.77. The number of hydrogen-bond donors (Lipinski definition) is 1. The molecule has 0 aliphatic heterocycles. The van der Waals surface area contributed by atoms with E-state index in [-0.39, 0.29) is 5.92 Å². The average molecular weight is 206 g/mol. The van der Waals surface area contributed by atoms with Crippen molar-refractivity contribution in [3.8, 4) is 0 Å². The van der Waals surface area contributed by atoms with Gasteiger partial charge in [-0.25, -0.2) is 0 Å². The largest absolute Gasteiger partial charge is 0.385 e. The van der Waals surface area contributed by atoms with Gasteiger partial charge in [-0.15, -0.1) is 6.58 Å². The fraction of sp³-hybridized carbons (Fsp3) is 0.714. The summed E-state index contributed by atoms with van der Waals surface area (Å²) in [5.74, 6) is 1.77. The fourth-order valence-corrected chi connectivity index (χ4v) is 3.25. The monoisotopic (exact) mass is 206 g/mol. The smallest absolute Gasteiger partial charge is 0.0862 e. The zero-order chi connectivity index (χ0) is 11.4. The van der Waals surface area contributed by atoms with Crippen LogP contribution in [0.15, 0.2) is 24.3 Å². The molecule has 1 heteroatoms. The molecule has 0 saturated heterocycles. The topological polar surface area (TPSA) is 20.2 Å². The highest BCUT2D eigenvalue weighted by Crippen LogP contribution is 2.65. The molecule has 2 unspecified atom stereocenters. The molecule has 4 atom stereocenters. The standard InChI is InChI=1S/C14H22O/c1-6-14(5,15)10-8-12-11(7-9(10)2)13(12,3)4/h6-7,10-12,15H,1,8H2,2-5H3/t10-,11+,12?,14?/m1/s1. The van der Waals surface area contributed by atoms with E-state index in [0.29, 0.717) is 5.41 Å². The van der Waals surface area contributed by atoms with Crippen LogP contribution in [0, 0.1) is 23.2 Å². The molecule has 2 aliphatic carbocycles. The van der Waals surface area contributed by atoms with Gasteiger partial charge in [0, 0.05) is 5.92 Å². The van der Waals surface area contributed by atoms with E-state index >= 15 is 0 Å². The van der Waals surface area contributed by atoms with Gasteiger partial charge in [0.05, 0.1) is 5.60 Å². The van der Waals surface area contributed by atoms with E-state index in [4.69, 9.17) is 0 Å². The Morgan fingerprint density at radius 3 is 2.73 bits per heavy atom. The minimum Gasteiger partial charge on any atom is -0.385 e. The number of hydrogen-bond acceptors (Lipinski definition) is 1. The zero-order valence-electron chi connectivity index (χ0n) is 10.2. The number of aliphatic hydroxyl groups is 1. The Labute approximate surface area is 92.9 Å². The van der Waals surface area contributed by atoms with Crippen molar-refractivity contribution in [1.29, 1.82) is 0 Å². The van der Waals surface area contributed by atoms with Gasteiger partial charge in [-0.3, -0.25) is 0 Å². The van der Waals surface area contributed by atoms with Gasteiger partial charge in [-0.1, -0.05) is 31.6 Å². The maximum Gasteiger partial charge on any atom is 0.0862 e. The van der Waals surface area contributed by atoms with E-state index < -0.39 is 5.60 Å². The summed E-state index contributed by atoms with van der Waals surface area (Å²) in [4.78, 5) is 0. The molecule has 2 aliphatic rings. The summed E-state index contributed by atoms with van der Waals surface area (Å²) < 4.78 is 0. The molecule has 2 rings (SSSR count). The van der Waals surface area contributed by atoms with Gasteiger partial charge in [-0.05, 0) is 37.5 Å². The van der Waals surface area contributed by atoms with Crippen LogP contribution in [0.3, 0.4) is 0 Å². The van der Waals surface area contributed by atoms with Gasteiger partial charge in [-0.2, -0.15) is 0 Å². The van der Waals surface area contributed by atoms with E-state index in [2.05, 4.69) is 33.4 Å². The normalized spacial score (nSPS) is 41.1. The third-order valence-electron chi connectivity index (χ3n) is 4.74. The van der Waals surface area contributed by atoms with Crippen molar-refractivity contribution in [3.05, 3.63) is 24.3 Å². The minimum atomic E-state index is -0.746. The Balaban J connectivity index is 2.23. The Bertz CT molecular complexity index is 322. The van der Waals surface area contributed by atoms with E-state index in [9.17, 15) is 5.11 Å². The number of rotatable bonds is 2. The lowest BCUT2D eigenvalue weighted by molar-refractivity contribution is 0.0527. The molecular weight excluding hydrogens is 184 g/mol. The Morgan fingerprint density at radius 2 is 2.20 bits per heavy atom. The highest BCUT2D eigenvalue weighted by atomic mass is 16.3. The van der Waals surface area contributed by atoms with Crippen LogP contribution in [0.25, 0.3) is 0 Å². The molecule has 0 aromatic heterocycles. The van der Waals surface area contributed by atoms with Gasteiger partial charge >= 0.3 is 0 Å². The van der Waals surface area contributed by atoms with Crippen molar-refractivity contribution in [2.45, 2.75) is 39.7 Å². The first-order chi connectivity index (χ1) is 6.80. The second-order valence-corrected chi connectivity index (χ2v) is 6.08. The molecule has 1 fully saturated rings. The summed E-state index contributed by atoms with van der Waals surface area (Å²) in [5, 5.41) is 10.3. The van der Waals surface area contributed by atoms with Crippen molar-refractivity contribution in [3.63, 3.8) is 0 Å². The molecule has 1 nitrogen and oxygen atoms in total. The van der Waals surface area contributed by atoms with Crippen molar-refractivity contribution in [2.24, 2.45) is 23.2 Å². The van der Waals surface area contributed by atoms with Crippen molar-refractivity contribution in [1.82, 2.24) is 0 Å². The minimum absolute atomic E-state index is 0.262. The highest BCUT2D eigenvalue weighted by Gasteiger charge is 2.59. The second kappa shape index (κ2) is 2.98. The van der Waals surface area contributed by atoms with E-state index in [1.165, 1.54) is 5.57 Å². The van der Waals surface area contributed by atoms with Crippen molar-refractivity contribution in [2.75, 3.05) is 0 Å². The molecule has 84 valence electrons. The highest BCUT2D eigenvalue weighted by molar-refractivity contribution is 5.28. The molecular formula is C14H22O. The Hall–Kier alpha value is -0.560. The molecule has 0 aromatic rings. The van der Waals surface area contributed by atoms with Crippen LogP contribution in [0.5, 0.6) is 0 Å². The van der Waals surface area contributed by atoms with E-state index in [0.717, 1.165) is 18.3 Å². The summed E-state index contributed by atoms with van der Waals surface area (Å²) in [6.07, 6.45) is 5.17. The Kier molecular flexibility index (Phi) is 2.17. The first kappa shape index (κ1) is 10.9. The van der Waals surface area contributed by atoms with Crippen LogP contribution in [0.4, 0.5) is 0 Å². The quantitative estimate of drug-likeness (QED) is 0.688. The van der Waals surface area contributed by atoms with Gasteiger partial charge in [0.2, 0.25) is 0 Å². The summed E-state index contributed by atoms with van der Waals surface area (Å²) >= 11 is 0. The van der Waals surface area contributed by atoms with Gasteiger partial charge in [0.15, 0.2) is 0 Å². The lowest BCUT2D eigenvalue weighted by Crippen LogP contribution is -2.34. The van der Waals surface area contributed by atoms with Crippen LogP contribution in [-0.2, 0) is 0 Å². The molecule has 1 N–H and O–H groups in total. The number of fused-ring (bicyclic) bond motifs is 1. The molecule has 0 spiro atoms. The summed E-state index contributed by atoms with van der Waals surface area (Å²) in [6, 6.07) is 0. The average Bonchev–Trinajstić information content (AvgIpc) is 2.67. The van der Waals surface area contributed by atoms with E-state index in [1.807, 2.05) is 6.92 Å². The van der Waals surface area contributed by atoms with Crippen LogP contribution in [-0.4, -0.2) is 10.7 Å². The fourth-order valence-electron chi connectivity index (χ4n) is 3.25. The third-order valence-corrected chi connectivity index (χ3v) is 4.74. The van der Waals surface area contributed by atoms with Crippen molar-refractivity contribution < 1.29 is 5.11 Å². The molecule has 0 amide bonds. The van der Waals surface area contributed by atoms with Gasteiger partial charge in [0.1, 0.15) is 0 Å². The molecule has 0 bridgehead atoms. The van der Waals surface area contributed by atoms with Gasteiger partial charge in [0.25, 0.3) is 0 Å². The second-order valence-electron chi connectivity index (χ2n) is 6.08. The maximum atomic E-state index is 10.3. The van der Waals surface area contributed by atoms with Crippen LogP contribution in [0.2, 0.25) is 0 Å². The Morgan fingerprint density at radius 1 is 1.60 bits per heavy atom. The first-order valence-corrected chi connectivity index (χ1v) is 5.85. The molecule has 15 heavy (non-hydrogen) atoms. The molecule has 0 heterocycles. The number of allylic oxidation sites excluding steroid dienone is 1. The predicted molar refractivity (Wildman–Crippen MR) is 63.4 cm³/mol. The van der Waals surface area contributed by atoms with Crippen molar-refractivity contribution >= 4 is 0 Å². The first-order valence-electron chi connectivity index (χ1n) is 5.85. The van der Waals surface area contributed by atoms with Crippen LogP contribution in [0.1, 0.15) is 34.1 Å². The summed E-state index contributed by atoms with van der Waals surface area (Å²) in [6.45, 7) is 12.4. The maximum absolute atomic E-state index is 10.3. The summed E-state index contributed by atoms with van der Waals surface area (Å²) in [5.41, 5.74) is 1.05. The third kappa shape index (κ3) is 1.48. The van der Waals surface area contributed by atoms with E-state index in [1.54, 1.807) is 6.08 Å². The zero-order valence-corrected chi connectivity index (χ0v) is 10.2. The van der Waals surface area contributed by atoms with Crippen LogP contribution >= 0.6 is 0 Å². The van der Waals surface area contributed by atoms with Crippen LogP contribution < -0.4 is 0 Å². The predicted octanol–water partition coefficient (Wildman–Crippen LogP) is 3.16. The molecule has 0 aromatic carbocycles.